The number of anilines is 1. The van der Waals surface area contributed by atoms with Gasteiger partial charge in [0.2, 0.25) is 0 Å². The molecule has 0 aliphatic heterocycles. The number of benzene rings is 1. The van der Waals surface area contributed by atoms with Crippen molar-refractivity contribution in [2.75, 3.05) is 5.32 Å². The van der Waals surface area contributed by atoms with Crippen molar-refractivity contribution >= 4 is 11.6 Å². The van der Waals surface area contributed by atoms with Crippen LogP contribution in [0.4, 0.5) is 80.3 Å². The number of carbonyl (C=O) groups is 1. The van der Waals surface area contributed by atoms with Crippen LogP contribution in [0.2, 0.25) is 0 Å². The normalized spacial score (nSPS) is 15.3. The Hall–Kier alpha value is -2.50. The average Bonchev–Trinajstić information content (AvgIpc) is 2.66. The summed E-state index contributed by atoms with van der Waals surface area (Å²) < 4.78 is 224. The van der Waals surface area contributed by atoms with Gasteiger partial charge in [0.1, 0.15) is 0 Å². The van der Waals surface area contributed by atoms with Crippen LogP contribution in [0, 0.1) is 6.92 Å². The predicted octanol–water partition coefficient (Wildman–Crippen LogP) is 6.94. The van der Waals surface area contributed by atoms with Crippen molar-refractivity contribution in [3.8, 4) is 0 Å². The fourth-order valence-corrected chi connectivity index (χ4v) is 2.24. The second-order valence-corrected chi connectivity index (χ2v) is 6.84. The lowest BCUT2D eigenvalue weighted by Gasteiger charge is -2.42. The minimum Gasteiger partial charge on any atom is -0.321 e. The molecule has 0 saturated carbocycles. The van der Waals surface area contributed by atoms with Gasteiger partial charge in [-0.25, -0.2) is 0 Å². The van der Waals surface area contributed by atoms with Gasteiger partial charge in [-0.2, -0.15) is 74.6 Å². The van der Waals surface area contributed by atoms with Gasteiger partial charge in [-0.1, -0.05) is 12.1 Å². The number of carbonyl (C=O) groups excluding carboxylic acids is 1. The summed E-state index contributed by atoms with van der Waals surface area (Å²) in [5, 5.41) is 0.814. The maximum atomic E-state index is 13.8. The minimum atomic E-state index is -8.74. The maximum absolute atomic E-state index is 13.8. The summed E-state index contributed by atoms with van der Waals surface area (Å²) in [5.41, 5.74) is -0.774. The molecule has 0 aromatic heterocycles. The number of alkyl halides is 17. The second kappa shape index (κ2) is 8.28. The molecule has 0 aliphatic carbocycles. The number of amides is 1. The van der Waals surface area contributed by atoms with Crippen LogP contribution in [-0.2, 0) is 4.79 Å². The molecule has 2 nitrogen and oxygen atoms in total. The van der Waals surface area contributed by atoms with Gasteiger partial charge in [-0.3, -0.25) is 4.79 Å². The summed E-state index contributed by atoms with van der Waals surface area (Å²) in [6.45, 7) is 1.20. The third kappa shape index (κ3) is 4.23. The summed E-state index contributed by atoms with van der Waals surface area (Å²) in [5.74, 6) is -61.6. The molecule has 1 aromatic rings. The van der Waals surface area contributed by atoms with E-state index in [9.17, 15) is 79.4 Å². The molecule has 0 aliphatic rings. The first-order chi connectivity index (χ1) is 15.1. The first kappa shape index (κ1) is 30.5. The monoisotopic (exact) mass is 553 g/mol. The summed E-state index contributed by atoms with van der Waals surface area (Å²) in [6, 6.07) is 3.52. The lowest BCUT2D eigenvalue weighted by molar-refractivity contribution is -0.459. The average molecular weight is 553 g/mol. The number of hydrogen-bond donors (Lipinski definition) is 1. The Balaban J connectivity index is 3.58. The van der Waals surface area contributed by atoms with Gasteiger partial charge in [0.25, 0.3) is 0 Å². The Morgan fingerprint density at radius 2 is 0.971 bits per heavy atom. The van der Waals surface area contributed by atoms with Crippen molar-refractivity contribution in [1.82, 2.24) is 0 Å². The zero-order valence-electron chi connectivity index (χ0n) is 16.1. The van der Waals surface area contributed by atoms with Gasteiger partial charge < -0.3 is 5.32 Å². The van der Waals surface area contributed by atoms with E-state index in [2.05, 4.69) is 0 Å². The van der Waals surface area contributed by atoms with Crippen molar-refractivity contribution < 1.29 is 79.4 Å². The van der Waals surface area contributed by atoms with Crippen LogP contribution in [-0.4, -0.2) is 53.5 Å². The molecular formula is C16H8F17NO. The standard InChI is InChI=1S/C16H8F17NO/c1-6-3-2-4-7(5-6)34-8(35)9(17,18)10(19,20)11(21,22)12(23,24)13(25,26)14(27,28)15(29,30)16(31,32)33/h2-5H,1H3,(H,34,35). The Bertz CT molecular complexity index is 950. The molecule has 0 fully saturated rings. The number of nitrogens with one attached hydrogen (secondary N) is 1. The fourth-order valence-electron chi connectivity index (χ4n) is 2.24. The van der Waals surface area contributed by atoms with Gasteiger partial charge in [-0.05, 0) is 24.6 Å². The van der Waals surface area contributed by atoms with Gasteiger partial charge in [0.15, 0.2) is 0 Å². The second-order valence-electron chi connectivity index (χ2n) is 6.84. The van der Waals surface area contributed by atoms with E-state index in [1.807, 2.05) is 0 Å². The molecule has 0 unspecified atom stereocenters. The molecule has 1 aromatic carbocycles. The molecule has 0 saturated heterocycles. The SMILES string of the molecule is Cc1cccc(NC(=O)C(F)(F)C(F)(F)C(F)(F)C(F)(F)C(F)(F)C(F)(F)C(F)(F)C(F)(F)F)c1. The van der Waals surface area contributed by atoms with Gasteiger partial charge >= 0.3 is 53.5 Å². The largest absolute Gasteiger partial charge is 0.460 e. The highest BCUT2D eigenvalue weighted by Crippen LogP contribution is 2.63. The van der Waals surface area contributed by atoms with E-state index in [1.165, 1.54) is 13.0 Å². The zero-order valence-corrected chi connectivity index (χ0v) is 16.1. The topological polar surface area (TPSA) is 29.1 Å². The molecule has 0 atom stereocenters. The highest BCUT2D eigenvalue weighted by molar-refractivity contribution is 5.97. The lowest BCUT2D eigenvalue weighted by Crippen LogP contribution is -2.75. The van der Waals surface area contributed by atoms with Gasteiger partial charge in [0, 0.05) is 5.69 Å². The number of hydrogen-bond acceptors (Lipinski definition) is 1. The van der Waals surface area contributed by atoms with E-state index in [0.717, 1.165) is 11.4 Å². The predicted molar refractivity (Wildman–Crippen MR) is 80.5 cm³/mol. The molecule has 202 valence electrons. The Kier molecular flexibility index (Phi) is 7.22. The van der Waals surface area contributed by atoms with E-state index < -0.39 is 59.2 Å². The summed E-state index contributed by atoms with van der Waals surface area (Å²) in [4.78, 5) is 11.4. The van der Waals surface area contributed by atoms with Crippen LogP contribution in [0.1, 0.15) is 5.56 Å². The molecule has 0 heterocycles. The van der Waals surface area contributed by atoms with Crippen LogP contribution < -0.4 is 5.32 Å². The van der Waals surface area contributed by atoms with Gasteiger partial charge in [-0.15, -0.1) is 0 Å². The van der Waals surface area contributed by atoms with E-state index in [0.29, 0.717) is 12.1 Å². The Morgan fingerprint density at radius 1 is 0.600 bits per heavy atom. The van der Waals surface area contributed by atoms with Crippen LogP contribution in [0.15, 0.2) is 24.3 Å². The minimum absolute atomic E-state index is 0.0993. The molecule has 19 heteroatoms. The molecular weight excluding hydrogens is 545 g/mol. The van der Waals surface area contributed by atoms with Crippen molar-refractivity contribution in [2.24, 2.45) is 0 Å². The van der Waals surface area contributed by atoms with Crippen LogP contribution in [0.25, 0.3) is 0 Å². The first-order valence-corrected chi connectivity index (χ1v) is 8.24. The number of halogens is 17. The third-order valence-corrected chi connectivity index (χ3v) is 4.28. The zero-order chi connectivity index (χ0) is 28.3. The number of aryl methyl sites for hydroxylation is 1. The molecule has 0 bridgehead atoms. The highest BCUT2D eigenvalue weighted by atomic mass is 19.4. The van der Waals surface area contributed by atoms with Crippen molar-refractivity contribution in [1.29, 1.82) is 0 Å². The van der Waals surface area contributed by atoms with E-state index in [4.69, 9.17) is 0 Å². The van der Waals surface area contributed by atoms with Crippen LogP contribution in [0.5, 0.6) is 0 Å². The summed E-state index contributed by atoms with van der Waals surface area (Å²) in [7, 11) is 0. The van der Waals surface area contributed by atoms with Crippen molar-refractivity contribution in [3.05, 3.63) is 29.8 Å². The molecule has 35 heavy (non-hydrogen) atoms. The Morgan fingerprint density at radius 3 is 1.34 bits per heavy atom. The summed E-state index contributed by atoms with van der Waals surface area (Å²) in [6.07, 6.45) is -7.83. The van der Waals surface area contributed by atoms with Crippen molar-refractivity contribution in [3.63, 3.8) is 0 Å². The van der Waals surface area contributed by atoms with Crippen molar-refractivity contribution in [2.45, 2.75) is 54.6 Å². The van der Waals surface area contributed by atoms with E-state index in [-0.39, 0.29) is 5.56 Å². The molecule has 1 rings (SSSR count). The van der Waals surface area contributed by atoms with Crippen LogP contribution in [0.3, 0.4) is 0 Å². The third-order valence-electron chi connectivity index (χ3n) is 4.28. The van der Waals surface area contributed by atoms with Gasteiger partial charge in [0.05, 0.1) is 0 Å². The van der Waals surface area contributed by atoms with Crippen LogP contribution >= 0.6 is 0 Å². The quantitative estimate of drug-likeness (QED) is 0.348. The Labute approximate surface area is 182 Å². The van der Waals surface area contributed by atoms with E-state index in [1.54, 1.807) is 0 Å². The smallest absolute Gasteiger partial charge is 0.321 e. The fraction of sp³-hybridized carbons (Fsp3) is 0.562. The molecule has 0 spiro atoms. The molecule has 1 amide bonds. The highest BCUT2D eigenvalue weighted by Gasteiger charge is 2.95. The maximum Gasteiger partial charge on any atom is 0.460 e. The van der Waals surface area contributed by atoms with E-state index >= 15 is 0 Å². The summed E-state index contributed by atoms with van der Waals surface area (Å²) >= 11 is 0. The first-order valence-electron chi connectivity index (χ1n) is 8.24. The number of rotatable bonds is 8. The molecule has 0 radical (unpaired) electrons. The molecule has 1 N–H and O–H groups in total. The lowest BCUT2D eigenvalue weighted by atomic mass is 9.89.